The summed E-state index contributed by atoms with van der Waals surface area (Å²) in [5, 5.41) is 2.77. The number of esters is 1. The van der Waals surface area contributed by atoms with Crippen LogP contribution in [0.2, 0.25) is 5.02 Å². The van der Waals surface area contributed by atoms with Gasteiger partial charge >= 0.3 is 19.9 Å². The Morgan fingerprint density at radius 1 is 0.884 bits per heavy atom. The van der Waals surface area contributed by atoms with Crippen molar-refractivity contribution in [3.63, 3.8) is 0 Å². The monoisotopic (exact) mass is 651 g/mol. The summed E-state index contributed by atoms with van der Waals surface area (Å²) in [5.41, 5.74) is -0.650. The third-order valence-electron chi connectivity index (χ3n) is 6.02. The highest BCUT2D eigenvalue weighted by Crippen LogP contribution is 2.50. The Bertz CT molecular complexity index is 959. The average molecular weight is 652 g/mol. The van der Waals surface area contributed by atoms with Crippen molar-refractivity contribution in [2.45, 2.75) is 96.7 Å². The first-order valence-electron chi connectivity index (χ1n) is 15.0. The van der Waals surface area contributed by atoms with Gasteiger partial charge in [-0.1, -0.05) is 68.7 Å². The number of carbonyl (C=O) groups excluding carboxylic acids is 2. The van der Waals surface area contributed by atoms with E-state index in [1.165, 1.54) is 33.5 Å². The molecule has 43 heavy (non-hydrogen) atoms. The second-order valence-corrected chi connectivity index (χ2v) is 13.0. The van der Waals surface area contributed by atoms with Gasteiger partial charge < -0.3 is 28.8 Å². The predicted octanol–water partition coefficient (Wildman–Crippen LogP) is 7.49. The molecule has 0 radical (unpaired) electrons. The number of carbonyl (C=O) groups is 2. The fraction of sp³-hybridized carbons (Fsp3) is 0.733. The van der Waals surface area contributed by atoms with Crippen molar-refractivity contribution in [2.75, 3.05) is 47.2 Å². The van der Waals surface area contributed by atoms with Gasteiger partial charge in [0.2, 0.25) is 0 Å². The maximum absolute atomic E-state index is 13.5. The number of phosphoric acid groups is 1. The SMILES string of the molecule is COC(=O)CCCCCCCCCCCOCC(COP(=O)(OCCNC(=O)OC(C)(C)C)Oc1ccccc1Cl)OC. The van der Waals surface area contributed by atoms with Crippen LogP contribution in [0.15, 0.2) is 24.3 Å². The van der Waals surface area contributed by atoms with Crippen LogP contribution in [0.1, 0.15) is 85.0 Å². The van der Waals surface area contributed by atoms with Crippen LogP contribution in [0.3, 0.4) is 0 Å². The van der Waals surface area contributed by atoms with Crippen molar-refractivity contribution in [2.24, 2.45) is 0 Å². The molecule has 0 spiro atoms. The summed E-state index contributed by atoms with van der Waals surface area (Å²) in [7, 11) is -1.21. The molecule has 0 saturated heterocycles. The van der Waals surface area contributed by atoms with Crippen molar-refractivity contribution in [1.29, 1.82) is 0 Å². The Kier molecular flexibility index (Phi) is 20.6. The highest BCUT2D eigenvalue weighted by Gasteiger charge is 2.31. The molecule has 0 aromatic heterocycles. The topological polar surface area (TPSA) is 128 Å². The quantitative estimate of drug-likeness (QED) is 0.0682. The van der Waals surface area contributed by atoms with Crippen LogP contribution in [-0.4, -0.2) is 71.0 Å². The van der Waals surface area contributed by atoms with Gasteiger partial charge in [0.05, 0.1) is 32.0 Å². The molecule has 0 aliphatic carbocycles. The van der Waals surface area contributed by atoms with Gasteiger partial charge in [-0.25, -0.2) is 9.36 Å². The number of amides is 1. The Morgan fingerprint density at radius 3 is 2.12 bits per heavy atom. The standard InChI is InChI=1S/C30H51ClNO10P/c1-30(2,3)41-29(34)32-20-22-39-43(35,42-27-18-15-14-17-26(27)31)40-24-25(36-4)23-38-21-16-12-10-8-6-7-9-11-13-19-28(33)37-5/h14-15,17-18,25H,6-13,16,19-24H2,1-5H3,(H,32,34). The normalized spacial score (nSPS) is 13.6. The van der Waals surface area contributed by atoms with Gasteiger partial charge in [0.15, 0.2) is 0 Å². The van der Waals surface area contributed by atoms with E-state index in [4.69, 9.17) is 39.4 Å². The fourth-order valence-corrected chi connectivity index (χ4v) is 5.21. The molecule has 248 valence electrons. The molecule has 0 heterocycles. The molecule has 1 aromatic carbocycles. The summed E-state index contributed by atoms with van der Waals surface area (Å²) in [6, 6.07) is 6.53. The van der Waals surface area contributed by atoms with E-state index in [9.17, 15) is 14.2 Å². The maximum Gasteiger partial charge on any atom is 0.530 e. The molecule has 0 aliphatic heterocycles. The van der Waals surface area contributed by atoms with E-state index in [0.29, 0.717) is 13.0 Å². The van der Waals surface area contributed by atoms with E-state index in [0.717, 1.165) is 38.5 Å². The number of ether oxygens (including phenoxy) is 4. The summed E-state index contributed by atoms with van der Waals surface area (Å²) in [4.78, 5) is 23.0. The van der Waals surface area contributed by atoms with E-state index in [1.54, 1.807) is 45.0 Å². The number of benzene rings is 1. The Morgan fingerprint density at radius 2 is 1.51 bits per heavy atom. The predicted molar refractivity (Wildman–Crippen MR) is 166 cm³/mol. The molecule has 2 unspecified atom stereocenters. The van der Waals surface area contributed by atoms with Crippen LogP contribution in [0.4, 0.5) is 4.79 Å². The molecule has 0 bridgehead atoms. The number of methoxy groups -OCH3 is 2. The zero-order chi connectivity index (χ0) is 32.0. The Labute approximate surface area is 262 Å². The number of unbranched alkanes of at least 4 members (excludes halogenated alkanes) is 8. The van der Waals surface area contributed by atoms with Gasteiger partial charge in [0.25, 0.3) is 0 Å². The highest BCUT2D eigenvalue weighted by molar-refractivity contribution is 7.48. The molecule has 1 rings (SSSR count). The zero-order valence-corrected chi connectivity index (χ0v) is 28.1. The van der Waals surface area contributed by atoms with Crippen LogP contribution < -0.4 is 9.84 Å². The summed E-state index contributed by atoms with van der Waals surface area (Å²) in [5.74, 6) is 0.000873. The number of hydrogen-bond donors (Lipinski definition) is 1. The third-order valence-corrected chi connectivity index (χ3v) is 7.72. The van der Waals surface area contributed by atoms with Gasteiger partial charge in [-0.15, -0.1) is 0 Å². The number of nitrogens with one attached hydrogen (secondary N) is 1. The van der Waals surface area contributed by atoms with Crippen LogP contribution in [0.5, 0.6) is 5.75 Å². The van der Waals surface area contributed by atoms with Crippen molar-refractivity contribution in [3.05, 3.63) is 29.3 Å². The maximum atomic E-state index is 13.5. The van der Waals surface area contributed by atoms with Crippen LogP contribution in [0, 0.1) is 0 Å². The highest BCUT2D eigenvalue weighted by atomic mass is 35.5. The lowest BCUT2D eigenvalue weighted by Gasteiger charge is -2.22. The first kappa shape index (κ1) is 39.1. The van der Waals surface area contributed by atoms with E-state index < -0.39 is 25.6 Å². The first-order chi connectivity index (χ1) is 20.5. The van der Waals surface area contributed by atoms with Gasteiger partial charge in [0, 0.05) is 26.7 Å². The molecular weight excluding hydrogens is 601 g/mol. The van der Waals surface area contributed by atoms with E-state index in [1.807, 2.05) is 0 Å². The van der Waals surface area contributed by atoms with Crippen LogP contribution in [0.25, 0.3) is 0 Å². The molecule has 2 atom stereocenters. The van der Waals surface area contributed by atoms with Gasteiger partial charge in [-0.3, -0.25) is 13.8 Å². The number of hydrogen-bond acceptors (Lipinski definition) is 10. The van der Waals surface area contributed by atoms with Crippen molar-refractivity contribution in [1.82, 2.24) is 5.32 Å². The second-order valence-electron chi connectivity index (χ2n) is 11.0. The van der Waals surface area contributed by atoms with Gasteiger partial charge in [0.1, 0.15) is 17.5 Å². The Hall–Kier alpha value is -1.88. The van der Waals surface area contributed by atoms with Crippen molar-refractivity contribution >= 4 is 31.5 Å². The molecule has 13 heteroatoms. The smallest absolute Gasteiger partial charge is 0.469 e. The first-order valence-corrected chi connectivity index (χ1v) is 16.8. The minimum absolute atomic E-state index is 0.0159. The largest absolute Gasteiger partial charge is 0.530 e. The number of para-hydroxylation sites is 1. The number of halogens is 1. The molecule has 0 fully saturated rings. The fourth-order valence-electron chi connectivity index (χ4n) is 3.74. The van der Waals surface area contributed by atoms with E-state index in [-0.39, 0.29) is 43.1 Å². The minimum atomic E-state index is -4.14. The summed E-state index contributed by atoms with van der Waals surface area (Å²) in [6.07, 6.45) is 9.17. The van der Waals surface area contributed by atoms with Crippen LogP contribution in [-0.2, 0) is 37.4 Å². The van der Waals surface area contributed by atoms with Crippen LogP contribution >= 0.6 is 19.4 Å². The lowest BCUT2D eigenvalue weighted by atomic mass is 10.1. The Balaban J connectivity index is 2.36. The molecular formula is C30H51ClNO10P. The van der Waals surface area contributed by atoms with Crippen molar-refractivity contribution < 1.29 is 46.7 Å². The summed E-state index contributed by atoms with van der Waals surface area (Å²) in [6.45, 7) is 5.82. The lowest BCUT2D eigenvalue weighted by Crippen LogP contribution is -2.34. The molecule has 0 aliphatic rings. The van der Waals surface area contributed by atoms with E-state index >= 15 is 0 Å². The van der Waals surface area contributed by atoms with Crippen molar-refractivity contribution in [3.8, 4) is 5.75 Å². The minimum Gasteiger partial charge on any atom is -0.469 e. The molecule has 0 saturated carbocycles. The molecule has 11 nitrogen and oxygen atoms in total. The summed E-state index contributed by atoms with van der Waals surface area (Å²) >= 11 is 6.17. The number of alkyl carbamates (subject to hydrolysis) is 1. The average Bonchev–Trinajstić information content (AvgIpc) is 2.95. The van der Waals surface area contributed by atoms with Gasteiger partial charge in [-0.05, 0) is 45.7 Å². The molecule has 1 aromatic rings. The number of rotatable bonds is 24. The van der Waals surface area contributed by atoms with E-state index in [2.05, 4.69) is 10.1 Å². The molecule has 1 amide bonds. The van der Waals surface area contributed by atoms with Gasteiger partial charge in [-0.2, -0.15) is 0 Å². The molecule has 1 N–H and O–H groups in total. The summed E-state index contributed by atoms with van der Waals surface area (Å²) < 4.78 is 51.1. The zero-order valence-electron chi connectivity index (χ0n) is 26.4. The lowest BCUT2D eigenvalue weighted by molar-refractivity contribution is -0.140. The number of phosphoric ester groups is 1. The third kappa shape index (κ3) is 20.7. The second kappa shape index (κ2) is 22.6.